The molecule has 112 valence electrons. The van der Waals surface area contributed by atoms with Crippen LogP contribution in [0, 0.1) is 6.92 Å². The van der Waals surface area contributed by atoms with Gasteiger partial charge in [0.2, 0.25) is 5.91 Å². The zero-order valence-corrected chi connectivity index (χ0v) is 12.3. The highest BCUT2D eigenvalue weighted by Gasteiger charge is 2.19. The van der Waals surface area contributed by atoms with Gasteiger partial charge in [-0.2, -0.15) is 0 Å². The second-order valence-electron chi connectivity index (χ2n) is 5.40. The molecule has 0 radical (unpaired) electrons. The Balaban J connectivity index is 1.81. The van der Waals surface area contributed by atoms with Gasteiger partial charge < -0.3 is 15.2 Å². The van der Waals surface area contributed by atoms with Crippen molar-refractivity contribution in [1.82, 2.24) is 15.4 Å². The maximum absolute atomic E-state index is 12.0. The summed E-state index contributed by atoms with van der Waals surface area (Å²) in [6.07, 6.45) is 3.47. The lowest BCUT2D eigenvalue weighted by atomic mass is 10.2. The van der Waals surface area contributed by atoms with Crippen LogP contribution in [0.1, 0.15) is 31.9 Å². The quantitative estimate of drug-likeness (QED) is 0.789. The fourth-order valence-corrected chi connectivity index (χ4v) is 2.59. The van der Waals surface area contributed by atoms with E-state index >= 15 is 0 Å². The maximum atomic E-state index is 12.0. The molecule has 1 aromatic heterocycles. The highest BCUT2D eigenvalue weighted by atomic mass is 16.5. The molecule has 6 heteroatoms. The molecule has 2 heterocycles. The topological polar surface area (TPSA) is 70.4 Å². The molecule has 1 saturated heterocycles. The van der Waals surface area contributed by atoms with Crippen molar-refractivity contribution in [2.24, 2.45) is 0 Å². The van der Waals surface area contributed by atoms with E-state index in [0.29, 0.717) is 24.2 Å². The number of anilines is 1. The van der Waals surface area contributed by atoms with E-state index in [-0.39, 0.29) is 5.91 Å². The van der Waals surface area contributed by atoms with Crippen molar-refractivity contribution in [3.8, 4) is 0 Å². The van der Waals surface area contributed by atoms with E-state index in [1.54, 1.807) is 13.0 Å². The summed E-state index contributed by atoms with van der Waals surface area (Å²) in [4.78, 5) is 14.2. The lowest BCUT2D eigenvalue weighted by molar-refractivity contribution is -0.117. The molecule has 1 aliphatic rings. The highest BCUT2D eigenvalue weighted by Crippen LogP contribution is 2.09. The Kier molecular flexibility index (Phi) is 5.55. The molecule has 2 N–H and O–H groups in total. The van der Waals surface area contributed by atoms with Gasteiger partial charge in [0.05, 0.1) is 6.54 Å². The van der Waals surface area contributed by atoms with Crippen LogP contribution < -0.4 is 10.6 Å². The Morgan fingerprint density at radius 1 is 1.65 bits per heavy atom. The SMILES string of the molecule is CCCN(CC(=O)Nc1cc(C)on1)CC1CCCN1. The molecule has 0 bridgehead atoms. The smallest absolute Gasteiger partial charge is 0.239 e. The van der Waals surface area contributed by atoms with Crippen molar-refractivity contribution in [1.29, 1.82) is 0 Å². The summed E-state index contributed by atoms with van der Waals surface area (Å²) in [7, 11) is 0. The summed E-state index contributed by atoms with van der Waals surface area (Å²) in [5.74, 6) is 1.15. The zero-order chi connectivity index (χ0) is 14.4. The lowest BCUT2D eigenvalue weighted by Gasteiger charge is -2.24. The van der Waals surface area contributed by atoms with Crippen molar-refractivity contribution >= 4 is 11.7 Å². The maximum Gasteiger partial charge on any atom is 0.239 e. The first-order valence-electron chi connectivity index (χ1n) is 7.36. The number of amides is 1. The van der Waals surface area contributed by atoms with Crippen molar-refractivity contribution < 1.29 is 9.32 Å². The first-order valence-corrected chi connectivity index (χ1v) is 7.36. The van der Waals surface area contributed by atoms with E-state index in [1.807, 2.05) is 0 Å². The Bertz CT molecular complexity index is 427. The molecule has 20 heavy (non-hydrogen) atoms. The Hall–Kier alpha value is -1.40. The monoisotopic (exact) mass is 280 g/mol. The van der Waals surface area contributed by atoms with Crippen molar-refractivity contribution in [3.05, 3.63) is 11.8 Å². The fraction of sp³-hybridized carbons (Fsp3) is 0.714. The van der Waals surface area contributed by atoms with Gasteiger partial charge in [-0.05, 0) is 39.3 Å². The minimum absolute atomic E-state index is 0.0373. The fourth-order valence-electron chi connectivity index (χ4n) is 2.59. The molecule has 1 fully saturated rings. The highest BCUT2D eigenvalue weighted by molar-refractivity contribution is 5.91. The van der Waals surface area contributed by atoms with Crippen LogP contribution >= 0.6 is 0 Å². The Labute approximate surface area is 119 Å². The predicted octanol–water partition coefficient (Wildman–Crippen LogP) is 1.39. The summed E-state index contributed by atoms with van der Waals surface area (Å²) < 4.78 is 4.94. The van der Waals surface area contributed by atoms with E-state index in [9.17, 15) is 4.79 Å². The van der Waals surface area contributed by atoms with Crippen molar-refractivity contribution in [2.45, 2.75) is 39.2 Å². The summed E-state index contributed by atoms with van der Waals surface area (Å²) in [5.41, 5.74) is 0. The molecule has 1 atom stereocenters. The molecule has 1 aliphatic heterocycles. The molecule has 6 nitrogen and oxygen atoms in total. The van der Waals surface area contributed by atoms with Crippen molar-refractivity contribution in [2.75, 3.05) is 31.5 Å². The summed E-state index contributed by atoms with van der Waals surface area (Å²) in [5, 5.41) is 10.0. The summed E-state index contributed by atoms with van der Waals surface area (Å²) >= 11 is 0. The predicted molar refractivity (Wildman–Crippen MR) is 77.6 cm³/mol. The number of hydrogen-bond acceptors (Lipinski definition) is 5. The minimum atomic E-state index is -0.0373. The number of carbonyl (C=O) groups is 1. The normalized spacial score (nSPS) is 18.6. The van der Waals surface area contributed by atoms with Crippen LogP contribution in [0.3, 0.4) is 0 Å². The van der Waals surface area contributed by atoms with E-state index in [1.165, 1.54) is 12.8 Å². The Morgan fingerprint density at radius 2 is 2.50 bits per heavy atom. The average molecular weight is 280 g/mol. The molecular formula is C14H24N4O2. The van der Waals surface area contributed by atoms with E-state index in [0.717, 1.165) is 26.1 Å². The van der Waals surface area contributed by atoms with Crippen LogP contribution in [0.2, 0.25) is 0 Å². The van der Waals surface area contributed by atoms with Gasteiger partial charge in [0.25, 0.3) is 0 Å². The zero-order valence-electron chi connectivity index (χ0n) is 12.3. The van der Waals surface area contributed by atoms with Crippen LogP contribution in [0.4, 0.5) is 5.82 Å². The molecule has 0 aliphatic carbocycles. The second kappa shape index (κ2) is 7.40. The molecule has 1 amide bonds. The van der Waals surface area contributed by atoms with Gasteiger partial charge in [-0.3, -0.25) is 9.69 Å². The van der Waals surface area contributed by atoms with E-state index in [2.05, 4.69) is 27.6 Å². The number of rotatable bonds is 7. The van der Waals surface area contributed by atoms with Gasteiger partial charge in [-0.25, -0.2) is 0 Å². The van der Waals surface area contributed by atoms with Gasteiger partial charge in [0.1, 0.15) is 5.76 Å². The molecule has 0 saturated carbocycles. The van der Waals surface area contributed by atoms with Gasteiger partial charge in [0.15, 0.2) is 5.82 Å². The number of aryl methyl sites for hydroxylation is 1. The number of nitrogens with zero attached hydrogens (tertiary/aromatic N) is 2. The minimum Gasteiger partial charge on any atom is -0.360 e. The van der Waals surface area contributed by atoms with Crippen LogP contribution in [0.25, 0.3) is 0 Å². The van der Waals surface area contributed by atoms with Crippen LogP contribution in [-0.4, -0.2) is 48.2 Å². The first-order chi connectivity index (χ1) is 9.67. The summed E-state index contributed by atoms with van der Waals surface area (Å²) in [6.45, 7) is 7.29. The van der Waals surface area contributed by atoms with E-state index < -0.39 is 0 Å². The van der Waals surface area contributed by atoms with Crippen LogP contribution in [0.15, 0.2) is 10.6 Å². The molecule has 1 unspecified atom stereocenters. The Morgan fingerprint density at radius 3 is 3.10 bits per heavy atom. The van der Waals surface area contributed by atoms with Gasteiger partial charge >= 0.3 is 0 Å². The lowest BCUT2D eigenvalue weighted by Crippen LogP contribution is -2.41. The first kappa shape index (κ1) is 15.0. The third-order valence-electron chi connectivity index (χ3n) is 3.44. The van der Waals surface area contributed by atoms with Gasteiger partial charge in [-0.15, -0.1) is 0 Å². The molecular weight excluding hydrogens is 256 g/mol. The number of hydrogen-bond donors (Lipinski definition) is 2. The number of carbonyl (C=O) groups excluding carboxylic acids is 1. The van der Waals surface area contributed by atoms with Crippen LogP contribution in [-0.2, 0) is 4.79 Å². The third-order valence-corrected chi connectivity index (χ3v) is 3.44. The molecule has 0 spiro atoms. The third kappa shape index (κ3) is 4.61. The van der Waals surface area contributed by atoms with Crippen molar-refractivity contribution in [3.63, 3.8) is 0 Å². The molecule has 0 aromatic carbocycles. The van der Waals surface area contributed by atoms with Crippen LogP contribution in [0.5, 0.6) is 0 Å². The summed E-state index contributed by atoms with van der Waals surface area (Å²) in [6, 6.07) is 2.24. The average Bonchev–Trinajstić information content (AvgIpc) is 3.01. The number of aromatic nitrogens is 1. The van der Waals surface area contributed by atoms with E-state index in [4.69, 9.17) is 4.52 Å². The largest absolute Gasteiger partial charge is 0.360 e. The van der Waals surface area contributed by atoms with Gasteiger partial charge in [-0.1, -0.05) is 12.1 Å². The molecule has 2 rings (SSSR count). The molecule has 1 aromatic rings. The van der Waals surface area contributed by atoms with Gasteiger partial charge in [0, 0.05) is 18.7 Å². The standard InChI is InChI=1S/C14H24N4O2/c1-3-7-18(9-12-5-4-6-15-12)10-14(19)16-13-8-11(2)20-17-13/h8,12,15H,3-7,9-10H2,1-2H3,(H,16,17,19). The number of nitrogens with one attached hydrogen (secondary N) is 2. The second-order valence-corrected chi connectivity index (χ2v) is 5.40.